The molecule has 0 N–H and O–H groups in total. The highest BCUT2D eigenvalue weighted by atomic mass is 15.1. The van der Waals surface area contributed by atoms with E-state index >= 15 is 0 Å². The molecule has 0 radical (unpaired) electrons. The Bertz CT molecular complexity index is 275. The van der Waals surface area contributed by atoms with Crippen LogP contribution in [0.2, 0.25) is 0 Å². The Hall–Kier alpha value is -0.980. The van der Waals surface area contributed by atoms with Crippen LogP contribution in [0.4, 0.5) is 0 Å². The van der Waals surface area contributed by atoms with Crippen LogP contribution in [0.5, 0.6) is 0 Å². The molecule has 17 heavy (non-hydrogen) atoms. The first-order valence-electron chi connectivity index (χ1n) is 6.63. The van der Waals surface area contributed by atoms with Gasteiger partial charge in [0.15, 0.2) is 0 Å². The predicted molar refractivity (Wildman–Crippen MR) is 79.0 cm³/mol. The zero-order valence-electron chi connectivity index (χ0n) is 12.2. The minimum Gasteiger partial charge on any atom is -0.376 e. The molecule has 0 saturated heterocycles. The van der Waals surface area contributed by atoms with E-state index in [-0.39, 0.29) is 0 Å². The normalized spacial score (nSPS) is 12.0. The molecule has 0 aliphatic carbocycles. The van der Waals surface area contributed by atoms with Crippen molar-refractivity contribution >= 4 is 0 Å². The Kier molecular flexibility index (Phi) is 7.69. The van der Waals surface area contributed by atoms with E-state index in [1.54, 1.807) is 0 Å². The summed E-state index contributed by atoms with van der Waals surface area (Å²) >= 11 is 0. The van der Waals surface area contributed by atoms with Crippen LogP contribution in [0.15, 0.2) is 36.6 Å². The molecule has 0 spiro atoms. The highest BCUT2D eigenvalue weighted by Crippen LogP contribution is 2.21. The maximum Gasteiger partial charge on any atom is 0.0177 e. The molecule has 1 heteroatoms. The second-order valence-electron chi connectivity index (χ2n) is 5.05. The van der Waals surface area contributed by atoms with E-state index in [2.05, 4.69) is 52.3 Å². The third kappa shape index (κ3) is 6.35. The van der Waals surface area contributed by atoms with Crippen molar-refractivity contribution < 1.29 is 0 Å². The zero-order valence-corrected chi connectivity index (χ0v) is 12.2. The summed E-state index contributed by atoms with van der Waals surface area (Å²) in [5.41, 5.74) is 3.68. The van der Waals surface area contributed by atoms with Crippen molar-refractivity contribution in [2.24, 2.45) is 5.92 Å². The van der Waals surface area contributed by atoms with E-state index in [0.717, 1.165) is 25.9 Å². The fourth-order valence-electron chi connectivity index (χ4n) is 1.83. The maximum atomic E-state index is 4.16. The van der Waals surface area contributed by atoms with Crippen LogP contribution in [0.1, 0.15) is 47.0 Å². The lowest BCUT2D eigenvalue weighted by Crippen LogP contribution is -2.23. The van der Waals surface area contributed by atoms with E-state index < -0.39 is 0 Å². The van der Waals surface area contributed by atoms with E-state index in [0.29, 0.717) is 5.92 Å². The first-order valence-corrected chi connectivity index (χ1v) is 6.63. The van der Waals surface area contributed by atoms with Crippen LogP contribution in [0, 0.1) is 5.92 Å². The van der Waals surface area contributed by atoms with E-state index in [4.69, 9.17) is 0 Å². The molecule has 0 saturated carbocycles. The third-order valence-corrected chi connectivity index (χ3v) is 3.31. The van der Waals surface area contributed by atoms with Crippen molar-refractivity contribution in [1.29, 1.82) is 0 Å². The number of hydrogen-bond donors (Lipinski definition) is 0. The summed E-state index contributed by atoms with van der Waals surface area (Å²) in [5, 5.41) is 0. The molecular formula is C16H29N. The van der Waals surface area contributed by atoms with Crippen LogP contribution in [0.25, 0.3) is 0 Å². The molecule has 1 unspecified atom stereocenters. The van der Waals surface area contributed by atoms with Crippen molar-refractivity contribution in [3.63, 3.8) is 0 Å². The highest BCUT2D eigenvalue weighted by molar-refractivity contribution is 5.13. The highest BCUT2D eigenvalue weighted by Gasteiger charge is 2.08. The first-order chi connectivity index (χ1) is 7.90. The molecule has 0 aromatic carbocycles. The Morgan fingerprint density at radius 1 is 1.12 bits per heavy atom. The predicted octanol–water partition coefficient (Wildman–Crippen LogP) is 4.78. The quantitative estimate of drug-likeness (QED) is 0.520. The third-order valence-electron chi connectivity index (χ3n) is 3.31. The van der Waals surface area contributed by atoms with Gasteiger partial charge in [0.2, 0.25) is 0 Å². The first kappa shape index (κ1) is 16.0. The van der Waals surface area contributed by atoms with Gasteiger partial charge in [-0.25, -0.2) is 0 Å². The number of nitrogens with zero attached hydrogens (tertiary/aromatic N) is 1. The van der Waals surface area contributed by atoms with Crippen LogP contribution >= 0.6 is 0 Å². The molecule has 0 amide bonds. The van der Waals surface area contributed by atoms with Gasteiger partial charge in [-0.2, -0.15) is 0 Å². The zero-order chi connectivity index (χ0) is 13.4. The summed E-state index contributed by atoms with van der Waals surface area (Å²) in [6.45, 7) is 22.9. The summed E-state index contributed by atoms with van der Waals surface area (Å²) < 4.78 is 0. The molecule has 0 aromatic heterocycles. The Labute approximate surface area is 108 Å². The van der Waals surface area contributed by atoms with Crippen molar-refractivity contribution in [3.05, 3.63) is 36.6 Å². The van der Waals surface area contributed by atoms with Gasteiger partial charge in [-0.3, -0.25) is 0 Å². The van der Waals surface area contributed by atoms with Gasteiger partial charge in [0.25, 0.3) is 0 Å². The Balaban J connectivity index is 4.00. The van der Waals surface area contributed by atoms with Gasteiger partial charge in [-0.15, -0.1) is 0 Å². The lowest BCUT2D eigenvalue weighted by Gasteiger charge is -2.24. The average Bonchev–Trinajstić information content (AvgIpc) is 2.26. The minimum atomic E-state index is 0.444. The van der Waals surface area contributed by atoms with E-state index in [1.165, 1.54) is 23.3 Å². The standard InChI is InChI=1S/C16H29N/c1-8-11-17(14(4)5)12-9-10-15(6)16(7)13(2)3/h16H,2,4,6,8-12H2,1,3,5,7H3. The number of rotatable bonds is 9. The summed E-state index contributed by atoms with van der Waals surface area (Å²) in [6, 6.07) is 0. The molecule has 1 atom stereocenters. The summed E-state index contributed by atoms with van der Waals surface area (Å²) in [4.78, 5) is 2.36. The fraction of sp³-hybridized carbons (Fsp3) is 0.625. The molecule has 0 rings (SSSR count). The molecule has 0 bridgehead atoms. The van der Waals surface area contributed by atoms with Gasteiger partial charge in [0, 0.05) is 18.8 Å². The molecule has 0 aromatic rings. The average molecular weight is 235 g/mol. The second kappa shape index (κ2) is 8.16. The number of hydrogen-bond acceptors (Lipinski definition) is 1. The van der Waals surface area contributed by atoms with Crippen LogP contribution in [-0.2, 0) is 0 Å². The van der Waals surface area contributed by atoms with Crippen LogP contribution in [0.3, 0.4) is 0 Å². The van der Waals surface area contributed by atoms with Crippen molar-refractivity contribution in [2.45, 2.75) is 47.0 Å². The van der Waals surface area contributed by atoms with Gasteiger partial charge in [0.05, 0.1) is 0 Å². The number of allylic oxidation sites excluding steroid dienone is 3. The fourth-order valence-corrected chi connectivity index (χ4v) is 1.83. The lowest BCUT2D eigenvalue weighted by molar-refractivity contribution is 0.340. The van der Waals surface area contributed by atoms with Gasteiger partial charge < -0.3 is 4.90 Å². The molecule has 0 fully saturated rings. The molecule has 0 aliphatic heterocycles. The maximum absolute atomic E-state index is 4.16. The molecule has 1 nitrogen and oxygen atoms in total. The topological polar surface area (TPSA) is 3.24 Å². The van der Waals surface area contributed by atoms with Crippen molar-refractivity contribution in [3.8, 4) is 0 Å². The summed E-state index contributed by atoms with van der Waals surface area (Å²) in [6.07, 6.45) is 3.42. The molecule has 98 valence electrons. The van der Waals surface area contributed by atoms with Crippen LogP contribution < -0.4 is 0 Å². The second-order valence-corrected chi connectivity index (χ2v) is 5.05. The minimum absolute atomic E-state index is 0.444. The Morgan fingerprint density at radius 3 is 2.12 bits per heavy atom. The molecule has 0 heterocycles. The monoisotopic (exact) mass is 235 g/mol. The van der Waals surface area contributed by atoms with Crippen LogP contribution in [-0.4, -0.2) is 18.0 Å². The smallest absolute Gasteiger partial charge is 0.0177 e. The SMILES string of the molecule is C=C(C)C(C)C(=C)CCCN(CCC)C(=C)C. The molecule has 0 aliphatic rings. The van der Waals surface area contributed by atoms with E-state index in [9.17, 15) is 0 Å². The summed E-state index contributed by atoms with van der Waals surface area (Å²) in [5.74, 6) is 0.444. The van der Waals surface area contributed by atoms with Gasteiger partial charge in [-0.05, 0) is 39.0 Å². The molecular weight excluding hydrogens is 206 g/mol. The van der Waals surface area contributed by atoms with Crippen molar-refractivity contribution in [1.82, 2.24) is 4.90 Å². The van der Waals surface area contributed by atoms with Crippen molar-refractivity contribution in [2.75, 3.05) is 13.1 Å². The lowest BCUT2D eigenvalue weighted by atomic mass is 9.93. The van der Waals surface area contributed by atoms with Gasteiger partial charge in [0.1, 0.15) is 0 Å². The summed E-state index contributed by atoms with van der Waals surface area (Å²) in [7, 11) is 0. The Morgan fingerprint density at radius 2 is 1.71 bits per heavy atom. The largest absolute Gasteiger partial charge is 0.376 e. The van der Waals surface area contributed by atoms with Gasteiger partial charge >= 0.3 is 0 Å². The van der Waals surface area contributed by atoms with E-state index in [1.807, 2.05) is 0 Å². The van der Waals surface area contributed by atoms with Gasteiger partial charge in [-0.1, -0.05) is 44.7 Å².